The molecule has 0 aliphatic heterocycles. The SMILES string of the molecule is CC[C@@H](CO)N(CC)C(=O)OCC1c2ccccc2-c2ccccc21. The summed E-state index contributed by atoms with van der Waals surface area (Å²) in [6.45, 7) is 4.65. The smallest absolute Gasteiger partial charge is 0.410 e. The van der Waals surface area contributed by atoms with Crippen LogP contribution >= 0.6 is 0 Å². The number of nitrogens with zero attached hydrogens (tertiary/aromatic N) is 1. The molecule has 0 bridgehead atoms. The van der Waals surface area contributed by atoms with E-state index in [1.165, 1.54) is 22.3 Å². The quantitative estimate of drug-likeness (QED) is 0.864. The van der Waals surface area contributed by atoms with Crippen molar-refractivity contribution in [2.75, 3.05) is 19.8 Å². The highest BCUT2D eigenvalue weighted by molar-refractivity contribution is 5.79. The third kappa shape index (κ3) is 3.27. The van der Waals surface area contributed by atoms with Crippen molar-refractivity contribution in [3.05, 3.63) is 59.7 Å². The zero-order valence-corrected chi connectivity index (χ0v) is 14.8. The van der Waals surface area contributed by atoms with Crippen molar-refractivity contribution in [2.45, 2.75) is 32.2 Å². The van der Waals surface area contributed by atoms with Crippen molar-refractivity contribution < 1.29 is 14.6 Å². The van der Waals surface area contributed by atoms with Crippen LogP contribution in [0.15, 0.2) is 48.5 Å². The molecule has 1 N–H and O–H groups in total. The molecule has 2 aromatic carbocycles. The molecular formula is C21H25NO3. The van der Waals surface area contributed by atoms with Crippen LogP contribution in [0.5, 0.6) is 0 Å². The zero-order chi connectivity index (χ0) is 17.8. The number of amides is 1. The fourth-order valence-electron chi connectivity index (χ4n) is 3.66. The first-order chi connectivity index (χ1) is 12.2. The van der Waals surface area contributed by atoms with E-state index in [0.717, 1.165) is 0 Å². The number of benzene rings is 2. The Balaban J connectivity index is 1.78. The van der Waals surface area contributed by atoms with E-state index in [4.69, 9.17) is 4.74 Å². The van der Waals surface area contributed by atoms with E-state index >= 15 is 0 Å². The van der Waals surface area contributed by atoms with Gasteiger partial charge in [-0.1, -0.05) is 55.5 Å². The molecule has 0 fully saturated rings. The third-order valence-electron chi connectivity index (χ3n) is 5.03. The van der Waals surface area contributed by atoms with E-state index in [0.29, 0.717) is 19.6 Å². The Bertz CT molecular complexity index is 694. The van der Waals surface area contributed by atoms with E-state index in [1.807, 2.05) is 38.1 Å². The normalized spacial score (nSPS) is 13.9. The van der Waals surface area contributed by atoms with Crippen molar-refractivity contribution >= 4 is 6.09 Å². The first-order valence-corrected chi connectivity index (χ1v) is 8.93. The van der Waals surface area contributed by atoms with Gasteiger partial charge in [-0.15, -0.1) is 0 Å². The van der Waals surface area contributed by atoms with Gasteiger partial charge >= 0.3 is 6.09 Å². The highest BCUT2D eigenvalue weighted by Gasteiger charge is 2.30. The Morgan fingerprint density at radius 2 is 1.64 bits per heavy atom. The molecule has 0 heterocycles. The second-order valence-corrected chi connectivity index (χ2v) is 6.33. The van der Waals surface area contributed by atoms with Crippen LogP contribution < -0.4 is 0 Å². The van der Waals surface area contributed by atoms with Gasteiger partial charge in [0.05, 0.1) is 12.6 Å². The van der Waals surface area contributed by atoms with Gasteiger partial charge < -0.3 is 14.7 Å². The van der Waals surface area contributed by atoms with Gasteiger partial charge in [0.15, 0.2) is 0 Å². The van der Waals surface area contributed by atoms with Gasteiger partial charge in [0, 0.05) is 12.5 Å². The van der Waals surface area contributed by atoms with Crippen molar-refractivity contribution in [1.29, 1.82) is 0 Å². The molecule has 2 aromatic rings. The Morgan fingerprint density at radius 1 is 1.08 bits per heavy atom. The summed E-state index contributed by atoms with van der Waals surface area (Å²) < 4.78 is 5.65. The standard InChI is InChI=1S/C21H25NO3/c1-3-15(13-23)22(4-2)21(24)25-14-20-18-11-7-5-9-16(18)17-10-6-8-12-19(17)20/h5-12,15,20,23H,3-4,13-14H2,1-2H3/t15-/m0/s1. The minimum absolute atomic E-state index is 0.0471. The first kappa shape index (κ1) is 17.5. The molecule has 132 valence electrons. The minimum atomic E-state index is -0.356. The van der Waals surface area contributed by atoms with Crippen molar-refractivity contribution in [2.24, 2.45) is 0 Å². The topological polar surface area (TPSA) is 49.8 Å². The summed E-state index contributed by atoms with van der Waals surface area (Å²) in [4.78, 5) is 14.1. The van der Waals surface area contributed by atoms with Crippen LogP contribution in [0.3, 0.4) is 0 Å². The molecular weight excluding hydrogens is 314 g/mol. The van der Waals surface area contributed by atoms with Crippen LogP contribution in [0.4, 0.5) is 4.79 Å². The molecule has 25 heavy (non-hydrogen) atoms. The maximum absolute atomic E-state index is 12.5. The van der Waals surface area contributed by atoms with Gasteiger partial charge in [-0.2, -0.15) is 0 Å². The molecule has 0 unspecified atom stereocenters. The number of hydrogen-bond donors (Lipinski definition) is 1. The number of carbonyl (C=O) groups is 1. The number of hydrogen-bond acceptors (Lipinski definition) is 3. The lowest BCUT2D eigenvalue weighted by molar-refractivity contribution is 0.0685. The van der Waals surface area contributed by atoms with Crippen molar-refractivity contribution in [3.63, 3.8) is 0 Å². The molecule has 4 nitrogen and oxygen atoms in total. The summed E-state index contributed by atoms with van der Waals surface area (Å²) in [5.41, 5.74) is 4.84. The number of rotatable bonds is 6. The van der Waals surface area contributed by atoms with Gasteiger partial charge in [-0.3, -0.25) is 0 Å². The summed E-state index contributed by atoms with van der Waals surface area (Å²) in [5.74, 6) is 0.0595. The number of aliphatic hydroxyl groups excluding tert-OH is 1. The lowest BCUT2D eigenvalue weighted by Gasteiger charge is -2.28. The average molecular weight is 339 g/mol. The van der Waals surface area contributed by atoms with Crippen LogP contribution in [0.1, 0.15) is 37.3 Å². The lowest BCUT2D eigenvalue weighted by Crippen LogP contribution is -2.42. The molecule has 1 atom stereocenters. The summed E-state index contributed by atoms with van der Waals surface area (Å²) in [5, 5.41) is 9.47. The van der Waals surface area contributed by atoms with E-state index in [-0.39, 0.29) is 24.7 Å². The summed E-state index contributed by atoms with van der Waals surface area (Å²) in [7, 11) is 0. The molecule has 0 spiro atoms. The second kappa shape index (κ2) is 7.70. The molecule has 0 aromatic heterocycles. The number of aliphatic hydroxyl groups is 1. The average Bonchev–Trinajstić information content (AvgIpc) is 2.98. The van der Waals surface area contributed by atoms with Gasteiger partial charge in [-0.25, -0.2) is 4.79 Å². The largest absolute Gasteiger partial charge is 0.448 e. The molecule has 1 aliphatic carbocycles. The van der Waals surface area contributed by atoms with E-state index in [9.17, 15) is 9.90 Å². The van der Waals surface area contributed by atoms with Crippen LogP contribution in [0.25, 0.3) is 11.1 Å². The maximum atomic E-state index is 12.5. The first-order valence-electron chi connectivity index (χ1n) is 8.93. The highest BCUT2D eigenvalue weighted by atomic mass is 16.6. The fourth-order valence-corrected chi connectivity index (χ4v) is 3.66. The highest BCUT2D eigenvalue weighted by Crippen LogP contribution is 2.44. The number of likely N-dealkylation sites (N-methyl/N-ethyl adjacent to an activating group) is 1. The Morgan fingerprint density at radius 3 is 2.12 bits per heavy atom. The van der Waals surface area contributed by atoms with Gasteiger partial charge in [0.2, 0.25) is 0 Å². The minimum Gasteiger partial charge on any atom is -0.448 e. The Hall–Kier alpha value is -2.33. The lowest BCUT2D eigenvalue weighted by atomic mass is 9.98. The molecule has 3 rings (SSSR count). The van der Waals surface area contributed by atoms with Crippen LogP contribution in [-0.4, -0.2) is 41.9 Å². The molecule has 0 radical (unpaired) electrons. The summed E-state index contributed by atoms with van der Waals surface area (Å²) in [6, 6.07) is 16.4. The van der Waals surface area contributed by atoms with Crippen molar-refractivity contribution in [1.82, 2.24) is 4.90 Å². The van der Waals surface area contributed by atoms with E-state index in [1.54, 1.807) is 4.90 Å². The molecule has 0 saturated heterocycles. The Kier molecular flexibility index (Phi) is 5.39. The maximum Gasteiger partial charge on any atom is 0.410 e. The van der Waals surface area contributed by atoms with Crippen LogP contribution in [0, 0.1) is 0 Å². The zero-order valence-electron chi connectivity index (χ0n) is 14.8. The predicted molar refractivity (Wildman–Crippen MR) is 98.6 cm³/mol. The Labute approximate surface area is 149 Å². The monoisotopic (exact) mass is 339 g/mol. The molecule has 1 amide bonds. The van der Waals surface area contributed by atoms with E-state index in [2.05, 4.69) is 24.3 Å². The van der Waals surface area contributed by atoms with E-state index < -0.39 is 0 Å². The molecule has 0 saturated carbocycles. The number of ether oxygens (including phenoxy) is 1. The number of carbonyl (C=O) groups excluding carboxylic acids is 1. The van der Waals surface area contributed by atoms with Crippen LogP contribution in [0.2, 0.25) is 0 Å². The van der Waals surface area contributed by atoms with Gasteiger partial charge in [0.25, 0.3) is 0 Å². The van der Waals surface area contributed by atoms with Gasteiger partial charge in [-0.05, 0) is 35.6 Å². The third-order valence-corrected chi connectivity index (χ3v) is 5.03. The van der Waals surface area contributed by atoms with Crippen LogP contribution in [-0.2, 0) is 4.74 Å². The predicted octanol–water partition coefficient (Wildman–Crippen LogP) is 4.03. The summed E-state index contributed by atoms with van der Waals surface area (Å²) in [6.07, 6.45) is 0.347. The fraction of sp³-hybridized carbons (Fsp3) is 0.381. The molecule has 1 aliphatic rings. The van der Waals surface area contributed by atoms with Gasteiger partial charge in [0.1, 0.15) is 6.61 Å². The second-order valence-electron chi connectivity index (χ2n) is 6.33. The molecule has 4 heteroatoms. The number of fused-ring (bicyclic) bond motifs is 3. The summed E-state index contributed by atoms with van der Waals surface area (Å²) >= 11 is 0. The van der Waals surface area contributed by atoms with Crippen molar-refractivity contribution in [3.8, 4) is 11.1 Å².